The molecule has 1 rings (SSSR count). The molecule has 0 unspecified atom stereocenters. The van der Waals surface area contributed by atoms with Gasteiger partial charge in [0.1, 0.15) is 0 Å². The molecule has 0 aliphatic carbocycles. The third-order valence-electron chi connectivity index (χ3n) is 2.32. The van der Waals surface area contributed by atoms with Crippen LogP contribution in [0.3, 0.4) is 0 Å². The lowest BCUT2D eigenvalue weighted by Crippen LogP contribution is -2.25. The van der Waals surface area contributed by atoms with E-state index in [1.54, 1.807) is 0 Å². The van der Waals surface area contributed by atoms with E-state index in [1.807, 2.05) is 0 Å². The van der Waals surface area contributed by atoms with Crippen molar-refractivity contribution in [2.45, 2.75) is 12.6 Å². The Balaban J connectivity index is 2.86. The van der Waals surface area contributed by atoms with Crippen molar-refractivity contribution in [1.29, 1.82) is 0 Å². The van der Waals surface area contributed by atoms with Gasteiger partial charge in [-0.05, 0) is 24.1 Å². The van der Waals surface area contributed by atoms with Crippen LogP contribution in [0.4, 0.5) is 13.2 Å². The fraction of sp³-hybridized carbons (Fsp3) is 0.273. The predicted molar refractivity (Wildman–Crippen MR) is 53.9 cm³/mol. The van der Waals surface area contributed by atoms with Crippen molar-refractivity contribution < 1.29 is 33.0 Å². The van der Waals surface area contributed by atoms with E-state index in [1.165, 1.54) is 0 Å². The summed E-state index contributed by atoms with van der Waals surface area (Å²) in [6.45, 7) is 0. The van der Waals surface area contributed by atoms with Crippen LogP contribution in [0.5, 0.6) is 0 Å². The number of halogens is 3. The lowest BCUT2D eigenvalue weighted by Gasteiger charge is -2.09. The van der Waals surface area contributed by atoms with Crippen LogP contribution in [0.2, 0.25) is 0 Å². The summed E-state index contributed by atoms with van der Waals surface area (Å²) in [5.41, 5.74) is -0.647. The second kappa shape index (κ2) is 5.07. The molecule has 2 N–H and O–H groups in total. The van der Waals surface area contributed by atoms with Gasteiger partial charge in [0.15, 0.2) is 5.92 Å². The minimum Gasteiger partial charge on any atom is -0.481 e. The highest BCUT2D eigenvalue weighted by Crippen LogP contribution is 2.29. The molecule has 0 aromatic heterocycles. The molecule has 4 nitrogen and oxygen atoms in total. The summed E-state index contributed by atoms with van der Waals surface area (Å²) < 4.78 is 36.8. The molecule has 0 heterocycles. The zero-order chi connectivity index (χ0) is 13.9. The molecule has 1 aromatic carbocycles. The SMILES string of the molecule is O=C(O)C(Cc1ccc(C(F)(F)F)cc1)C(=O)O. The van der Waals surface area contributed by atoms with Gasteiger partial charge in [-0.1, -0.05) is 12.1 Å². The number of rotatable bonds is 4. The van der Waals surface area contributed by atoms with Gasteiger partial charge in [0.25, 0.3) is 0 Å². The largest absolute Gasteiger partial charge is 0.481 e. The van der Waals surface area contributed by atoms with E-state index >= 15 is 0 Å². The number of aliphatic carboxylic acids is 2. The van der Waals surface area contributed by atoms with Crippen molar-refractivity contribution in [2.75, 3.05) is 0 Å². The van der Waals surface area contributed by atoms with Gasteiger partial charge in [0.2, 0.25) is 0 Å². The fourth-order valence-corrected chi connectivity index (χ4v) is 1.35. The normalized spacial score (nSPS) is 11.6. The first-order valence-corrected chi connectivity index (χ1v) is 4.83. The third-order valence-corrected chi connectivity index (χ3v) is 2.32. The summed E-state index contributed by atoms with van der Waals surface area (Å²) in [7, 11) is 0. The Bertz CT molecular complexity index is 436. The maximum Gasteiger partial charge on any atom is 0.416 e. The zero-order valence-electron chi connectivity index (χ0n) is 8.94. The summed E-state index contributed by atoms with van der Waals surface area (Å²) >= 11 is 0. The smallest absolute Gasteiger partial charge is 0.416 e. The van der Waals surface area contributed by atoms with Gasteiger partial charge in [-0.25, -0.2) is 0 Å². The highest BCUT2D eigenvalue weighted by molar-refractivity contribution is 5.93. The number of carboxylic acid groups (broad SMARTS) is 2. The fourth-order valence-electron chi connectivity index (χ4n) is 1.35. The molecule has 0 saturated heterocycles. The van der Waals surface area contributed by atoms with Crippen LogP contribution in [-0.4, -0.2) is 22.2 Å². The molecule has 0 spiro atoms. The summed E-state index contributed by atoms with van der Waals surface area (Å²) in [5, 5.41) is 17.3. The molecular formula is C11H9F3O4. The minimum atomic E-state index is -4.47. The van der Waals surface area contributed by atoms with Crippen LogP contribution >= 0.6 is 0 Å². The van der Waals surface area contributed by atoms with E-state index in [-0.39, 0.29) is 12.0 Å². The highest BCUT2D eigenvalue weighted by Gasteiger charge is 2.30. The van der Waals surface area contributed by atoms with Gasteiger partial charge in [-0.3, -0.25) is 9.59 Å². The average Bonchev–Trinajstić information content (AvgIpc) is 2.24. The molecule has 0 amide bonds. The molecule has 18 heavy (non-hydrogen) atoms. The average molecular weight is 262 g/mol. The molecule has 0 atom stereocenters. The van der Waals surface area contributed by atoms with Crippen LogP contribution in [0.15, 0.2) is 24.3 Å². The van der Waals surface area contributed by atoms with Gasteiger partial charge < -0.3 is 10.2 Å². The van der Waals surface area contributed by atoms with Gasteiger partial charge in [-0.2, -0.15) is 13.2 Å². The van der Waals surface area contributed by atoms with Crippen molar-refractivity contribution in [3.63, 3.8) is 0 Å². The topological polar surface area (TPSA) is 74.6 Å². The quantitative estimate of drug-likeness (QED) is 0.814. The summed E-state index contributed by atoms with van der Waals surface area (Å²) in [6.07, 6.45) is -4.83. The summed E-state index contributed by atoms with van der Waals surface area (Å²) in [4.78, 5) is 21.2. The van der Waals surface area contributed by atoms with E-state index in [0.29, 0.717) is 0 Å². The number of hydrogen-bond acceptors (Lipinski definition) is 2. The minimum absolute atomic E-state index is 0.220. The van der Waals surface area contributed by atoms with Crippen molar-refractivity contribution in [2.24, 2.45) is 5.92 Å². The first kappa shape index (κ1) is 14.0. The van der Waals surface area contributed by atoms with Crippen LogP contribution in [0.1, 0.15) is 11.1 Å². The Morgan fingerprint density at radius 1 is 1.06 bits per heavy atom. The first-order chi connectivity index (χ1) is 8.21. The number of carbonyl (C=O) groups is 2. The lowest BCUT2D eigenvalue weighted by atomic mass is 9.99. The number of carboxylic acids is 2. The Kier molecular flexibility index (Phi) is 3.95. The highest BCUT2D eigenvalue weighted by atomic mass is 19.4. The standard InChI is InChI=1S/C11H9F3O4/c12-11(13,14)7-3-1-6(2-4-7)5-8(9(15)16)10(17)18/h1-4,8H,5H2,(H,15,16)(H,17,18). The van der Waals surface area contributed by atoms with Crippen LogP contribution in [0.25, 0.3) is 0 Å². The van der Waals surface area contributed by atoms with Crippen molar-refractivity contribution in [3.05, 3.63) is 35.4 Å². The van der Waals surface area contributed by atoms with E-state index in [9.17, 15) is 22.8 Å². The second-order valence-corrected chi connectivity index (χ2v) is 3.63. The molecule has 0 aliphatic rings. The Hall–Kier alpha value is -2.05. The van der Waals surface area contributed by atoms with Gasteiger partial charge in [-0.15, -0.1) is 0 Å². The molecule has 98 valence electrons. The maximum absolute atomic E-state index is 12.3. The molecule has 7 heteroatoms. The van der Waals surface area contributed by atoms with Gasteiger partial charge in [0, 0.05) is 0 Å². The maximum atomic E-state index is 12.3. The third kappa shape index (κ3) is 3.47. The van der Waals surface area contributed by atoms with Crippen molar-refractivity contribution in [3.8, 4) is 0 Å². The Morgan fingerprint density at radius 3 is 1.83 bits per heavy atom. The van der Waals surface area contributed by atoms with E-state index in [4.69, 9.17) is 10.2 Å². The molecule has 1 aromatic rings. The van der Waals surface area contributed by atoms with Gasteiger partial charge >= 0.3 is 18.1 Å². The van der Waals surface area contributed by atoms with E-state index in [0.717, 1.165) is 24.3 Å². The van der Waals surface area contributed by atoms with E-state index in [2.05, 4.69) is 0 Å². The number of benzene rings is 1. The van der Waals surface area contributed by atoms with Gasteiger partial charge in [0.05, 0.1) is 5.56 Å². The molecule has 0 bridgehead atoms. The number of alkyl halides is 3. The number of hydrogen-bond donors (Lipinski definition) is 2. The van der Waals surface area contributed by atoms with Crippen LogP contribution in [-0.2, 0) is 22.2 Å². The van der Waals surface area contributed by atoms with Crippen LogP contribution < -0.4 is 0 Å². The first-order valence-electron chi connectivity index (χ1n) is 4.83. The molecule has 0 saturated carbocycles. The molecule has 0 radical (unpaired) electrons. The Labute approximate surface area is 99.7 Å². The predicted octanol–water partition coefficient (Wildman–Crippen LogP) is 2.03. The summed E-state index contributed by atoms with van der Waals surface area (Å²) in [6, 6.07) is 3.72. The monoisotopic (exact) mass is 262 g/mol. The van der Waals surface area contributed by atoms with Crippen LogP contribution in [0, 0.1) is 5.92 Å². The lowest BCUT2D eigenvalue weighted by molar-refractivity contribution is -0.154. The summed E-state index contributed by atoms with van der Waals surface area (Å²) in [5.74, 6) is -4.72. The molecule has 0 fully saturated rings. The van der Waals surface area contributed by atoms with Crippen molar-refractivity contribution in [1.82, 2.24) is 0 Å². The molecule has 0 aliphatic heterocycles. The Morgan fingerprint density at radius 2 is 1.50 bits per heavy atom. The molecular weight excluding hydrogens is 253 g/mol. The van der Waals surface area contributed by atoms with Crippen molar-refractivity contribution >= 4 is 11.9 Å². The second-order valence-electron chi connectivity index (χ2n) is 3.63. The zero-order valence-corrected chi connectivity index (χ0v) is 8.94. The van der Waals surface area contributed by atoms with E-state index < -0.39 is 29.6 Å².